The van der Waals surface area contributed by atoms with Crippen LogP contribution < -0.4 is 4.74 Å². The van der Waals surface area contributed by atoms with Crippen LogP contribution in [-0.4, -0.2) is 5.11 Å². The third kappa shape index (κ3) is 3.38. The predicted molar refractivity (Wildman–Crippen MR) is 73.1 cm³/mol. The summed E-state index contributed by atoms with van der Waals surface area (Å²) < 4.78 is 19.0. The van der Waals surface area contributed by atoms with Crippen LogP contribution in [-0.2, 0) is 13.2 Å². The molecule has 0 saturated heterocycles. The molecule has 0 bridgehead atoms. The highest BCUT2D eigenvalue weighted by molar-refractivity contribution is 6.31. The molecule has 0 saturated carbocycles. The van der Waals surface area contributed by atoms with Crippen LogP contribution in [0.3, 0.4) is 0 Å². The van der Waals surface area contributed by atoms with E-state index in [0.717, 1.165) is 0 Å². The number of benzene rings is 2. The molecule has 0 atom stereocenters. The van der Waals surface area contributed by atoms with Crippen LogP contribution in [0.1, 0.15) is 11.1 Å². The van der Waals surface area contributed by atoms with Crippen molar-refractivity contribution in [2.75, 3.05) is 0 Å². The van der Waals surface area contributed by atoms with Gasteiger partial charge in [-0.1, -0.05) is 29.3 Å². The van der Waals surface area contributed by atoms with E-state index in [9.17, 15) is 9.50 Å². The van der Waals surface area contributed by atoms with Crippen LogP contribution in [0.15, 0.2) is 36.4 Å². The van der Waals surface area contributed by atoms with Crippen LogP contribution in [0.2, 0.25) is 10.0 Å². The number of hydrogen-bond acceptors (Lipinski definition) is 2. The van der Waals surface area contributed by atoms with Crippen molar-refractivity contribution < 1.29 is 14.2 Å². The second-order valence-electron chi connectivity index (χ2n) is 3.90. The number of aliphatic hydroxyl groups excluding tert-OH is 1. The minimum absolute atomic E-state index is 0.0136. The predicted octanol–water partition coefficient (Wildman–Crippen LogP) is 4.20. The molecule has 19 heavy (non-hydrogen) atoms. The maximum atomic E-state index is 13.5. The van der Waals surface area contributed by atoms with E-state index in [4.69, 9.17) is 27.9 Å². The van der Waals surface area contributed by atoms with Crippen LogP contribution >= 0.6 is 23.2 Å². The van der Waals surface area contributed by atoms with E-state index >= 15 is 0 Å². The van der Waals surface area contributed by atoms with Crippen molar-refractivity contribution in [2.45, 2.75) is 13.2 Å². The highest BCUT2D eigenvalue weighted by Crippen LogP contribution is 2.27. The molecule has 2 rings (SSSR count). The topological polar surface area (TPSA) is 29.5 Å². The zero-order valence-electron chi connectivity index (χ0n) is 9.87. The van der Waals surface area contributed by atoms with E-state index in [1.807, 2.05) is 0 Å². The summed E-state index contributed by atoms with van der Waals surface area (Å²) >= 11 is 11.7. The molecule has 2 nitrogen and oxygen atoms in total. The lowest BCUT2D eigenvalue weighted by Gasteiger charge is -2.12. The van der Waals surface area contributed by atoms with E-state index in [1.54, 1.807) is 18.2 Å². The van der Waals surface area contributed by atoms with Gasteiger partial charge in [0.25, 0.3) is 0 Å². The smallest absolute Gasteiger partial charge is 0.129 e. The van der Waals surface area contributed by atoms with Gasteiger partial charge in [-0.3, -0.25) is 0 Å². The zero-order chi connectivity index (χ0) is 13.8. The Labute approximate surface area is 120 Å². The highest BCUT2D eigenvalue weighted by atomic mass is 35.5. The van der Waals surface area contributed by atoms with Crippen molar-refractivity contribution >= 4 is 23.2 Å². The Bertz CT molecular complexity index is 588. The van der Waals surface area contributed by atoms with Crippen LogP contribution in [0.5, 0.6) is 5.75 Å². The Balaban J connectivity index is 2.19. The number of rotatable bonds is 4. The van der Waals surface area contributed by atoms with Crippen molar-refractivity contribution in [3.05, 3.63) is 63.4 Å². The van der Waals surface area contributed by atoms with E-state index in [0.29, 0.717) is 26.9 Å². The van der Waals surface area contributed by atoms with E-state index < -0.39 is 5.82 Å². The molecule has 0 radical (unpaired) electrons. The lowest BCUT2D eigenvalue weighted by Crippen LogP contribution is -2.01. The van der Waals surface area contributed by atoms with Crippen molar-refractivity contribution in [2.24, 2.45) is 0 Å². The second kappa shape index (κ2) is 6.24. The summed E-state index contributed by atoms with van der Waals surface area (Å²) in [6.45, 7) is -0.229. The molecule has 0 fully saturated rings. The summed E-state index contributed by atoms with van der Waals surface area (Å²) in [5.74, 6) is 0.0337. The minimum atomic E-state index is -0.392. The molecule has 1 N–H and O–H groups in total. The Kier molecular flexibility index (Phi) is 4.64. The maximum Gasteiger partial charge on any atom is 0.129 e. The molecule has 0 aromatic heterocycles. The van der Waals surface area contributed by atoms with Crippen molar-refractivity contribution in [3.63, 3.8) is 0 Å². The summed E-state index contributed by atoms with van der Waals surface area (Å²) in [5.41, 5.74) is 0.822. The van der Waals surface area contributed by atoms with E-state index in [1.165, 1.54) is 18.2 Å². The maximum absolute atomic E-state index is 13.5. The number of hydrogen-bond donors (Lipinski definition) is 1. The van der Waals surface area contributed by atoms with Crippen molar-refractivity contribution in [1.29, 1.82) is 0 Å². The van der Waals surface area contributed by atoms with E-state index in [2.05, 4.69) is 0 Å². The molecule has 2 aromatic rings. The lowest BCUT2D eigenvalue weighted by atomic mass is 10.2. The van der Waals surface area contributed by atoms with Gasteiger partial charge in [-0.25, -0.2) is 4.39 Å². The Morgan fingerprint density at radius 2 is 1.95 bits per heavy atom. The van der Waals surface area contributed by atoms with Gasteiger partial charge in [-0.15, -0.1) is 0 Å². The summed E-state index contributed by atoms with van der Waals surface area (Å²) in [4.78, 5) is 0. The quantitative estimate of drug-likeness (QED) is 0.917. The van der Waals surface area contributed by atoms with Crippen molar-refractivity contribution in [1.82, 2.24) is 0 Å². The second-order valence-corrected chi connectivity index (χ2v) is 4.74. The molecule has 5 heteroatoms. The Hall–Kier alpha value is -1.29. The molecule has 0 unspecified atom stereocenters. The van der Waals surface area contributed by atoms with Gasteiger partial charge in [0.05, 0.1) is 6.61 Å². The molecule has 0 amide bonds. The van der Waals surface area contributed by atoms with Gasteiger partial charge in [-0.05, 0) is 30.3 Å². The Morgan fingerprint density at radius 1 is 1.16 bits per heavy atom. The molecule has 0 aliphatic heterocycles. The molecule has 2 aromatic carbocycles. The summed E-state index contributed by atoms with van der Waals surface area (Å²) in [6, 6.07) is 9.27. The fourth-order valence-corrected chi connectivity index (χ4v) is 2.06. The number of ether oxygens (including phenoxy) is 1. The summed E-state index contributed by atoms with van der Waals surface area (Å²) in [6.07, 6.45) is 0. The van der Waals surface area contributed by atoms with Gasteiger partial charge in [0.15, 0.2) is 0 Å². The zero-order valence-corrected chi connectivity index (χ0v) is 11.4. The number of halogens is 3. The first-order valence-corrected chi connectivity index (χ1v) is 6.32. The van der Waals surface area contributed by atoms with Crippen LogP contribution in [0.4, 0.5) is 4.39 Å². The number of aliphatic hydroxyl groups is 1. The molecule has 0 aliphatic rings. The molecule has 100 valence electrons. The van der Waals surface area contributed by atoms with Crippen LogP contribution in [0.25, 0.3) is 0 Å². The normalized spacial score (nSPS) is 10.5. The largest absolute Gasteiger partial charge is 0.488 e. The minimum Gasteiger partial charge on any atom is -0.488 e. The van der Waals surface area contributed by atoms with E-state index in [-0.39, 0.29) is 13.2 Å². The molecular weight excluding hydrogens is 290 g/mol. The molecule has 0 heterocycles. The lowest BCUT2D eigenvalue weighted by molar-refractivity contribution is 0.257. The van der Waals surface area contributed by atoms with Gasteiger partial charge < -0.3 is 9.84 Å². The van der Waals surface area contributed by atoms with Crippen molar-refractivity contribution in [3.8, 4) is 5.75 Å². The van der Waals surface area contributed by atoms with Gasteiger partial charge in [0, 0.05) is 21.2 Å². The summed E-state index contributed by atoms with van der Waals surface area (Å²) in [5, 5.41) is 10.1. The third-order valence-electron chi connectivity index (χ3n) is 2.62. The van der Waals surface area contributed by atoms with Gasteiger partial charge in [0.2, 0.25) is 0 Å². The SMILES string of the molecule is OCc1c(Cl)cccc1OCc1cc(Cl)ccc1F. The molecule has 0 aliphatic carbocycles. The first kappa shape index (κ1) is 14.1. The summed E-state index contributed by atoms with van der Waals surface area (Å²) in [7, 11) is 0. The fraction of sp³-hybridized carbons (Fsp3) is 0.143. The fourth-order valence-electron chi connectivity index (χ4n) is 1.64. The standard InChI is InChI=1S/C14H11Cl2FO2/c15-10-4-5-13(17)9(6-10)8-19-14-3-1-2-12(16)11(14)7-18/h1-6,18H,7-8H2. The average molecular weight is 301 g/mol. The van der Waals surface area contributed by atoms with Gasteiger partial charge in [-0.2, -0.15) is 0 Å². The van der Waals surface area contributed by atoms with Crippen LogP contribution in [0, 0.1) is 5.82 Å². The monoisotopic (exact) mass is 300 g/mol. The Morgan fingerprint density at radius 3 is 2.68 bits per heavy atom. The first-order valence-electron chi connectivity index (χ1n) is 5.57. The molecule has 0 spiro atoms. The van der Waals surface area contributed by atoms with Gasteiger partial charge >= 0.3 is 0 Å². The highest BCUT2D eigenvalue weighted by Gasteiger charge is 2.09. The molecular formula is C14H11Cl2FO2. The van der Waals surface area contributed by atoms with Gasteiger partial charge in [0.1, 0.15) is 18.2 Å². The average Bonchev–Trinajstić information content (AvgIpc) is 2.40. The third-order valence-corrected chi connectivity index (χ3v) is 3.21. The first-order chi connectivity index (χ1) is 9.11.